The summed E-state index contributed by atoms with van der Waals surface area (Å²) in [5, 5.41) is 3.11. The smallest absolute Gasteiger partial charge is 0.198 e. The predicted molar refractivity (Wildman–Crippen MR) is 104 cm³/mol. The van der Waals surface area contributed by atoms with E-state index in [1.165, 1.54) is 0 Å². The molecule has 4 heteroatoms. The number of hydrogen-bond acceptors (Lipinski definition) is 3. The minimum Gasteiger partial charge on any atom is -0.335 e. The van der Waals surface area contributed by atoms with Crippen LogP contribution in [-0.4, -0.2) is 17.3 Å². The molecule has 0 aliphatic carbocycles. The van der Waals surface area contributed by atoms with Gasteiger partial charge in [0.2, 0.25) is 0 Å². The monoisotopic (exact) mass is 345 g/mol. The van der Waals surface area contributed by atoms with Crippen molar-refractivity contribution in [3.05, 3.63) is 96.1 Å². The van der Waals surface area contributed by atoms with E-state index >= 15 is 0 Å². The first-order valence-electron chi connectivity index (χ1n) is 8.08. The van der Waals surface area contributed by atoms with Crippen LogP contribution in [-0.2, 0) is 0 Å². The van der Waals surface area contributed by atoms with Gasteiger partial charge in [-0.25, -0.2) is 9.98 Å². The topological polar surface area (TPSA) is 36.8 Å². The number of rotatable bonds is 3. The number of halogens is 1. The van der Waals surface area contributed by atoms with Crippen molar-refractivity contribution in [3.8, 4) is 11.1 Å². The first-order valence-corrected chi connectivity index (χ1v) is 8.52. The molecule has 0 saturated heterocycles. The number of nitrogens with zero attached hydrogens (tertiary/aromatic N) is 2. The summed E-state index contributed by atoms with van der Waals surface area (Å²) < 4.78 is 0. The Morgan fingerprint density at radius 3 is 2.00 bits per heavy atom. The van der Waals surface area contributed by atoms with E-state index in [-0.39, 0.29) is 0 Å². The van der Waals surface area contributed by atoms with Gasteiger partial charge in [0, 0.05) is 11.1 Å². The van der Waals surface area contributed by atoms with Crippen LogP contribution in [0, 0.1) is 0 Å². The molecule has 1 N–H and O–H groups in total. The number of aliphatic imine (C=N–C) groups is 2. The molecule has 0 bridgehead atoms. The predicted octanol–water partition coefficient (Wildman–Crippen LogP) is 4.67. The van der Waals surface area contributed by atoms with Crippen LogP contribution in [0.25, 0.3) is 11.1 Å². The van der Waals surface area contributed by atoms with E-state index in [1.54, 1.807) is 0 Å². The van der Waals surface area contributed by atoms with Crippen LogP contribution in [0.3, 0.4) is 0 Å². The highest BCUT2D eigenvalue weighted by Crippen LogP contribution is 2.22. The summed E-state index contributed by atoms with van der Waals surface area (Å²) in [6.07, 6.45) is 0. The second kappa shape index (κ2) is 6.91. The van der Waals surface area contributed by atoms with E-state index in [4.69, 9.17) is 11.6 Å². The van der Waals surface area contributed by atoms with Gasteiger partial charge in [0.1, 0.15) is 5.84 Å². The van der Waals surface area contributed by atoms with Crippen LogP contribution in [0.5, 0.6) is 0 Å². The standard InChI is InChI=1S/C21H16ClN3/c22-21-24-19(16-10-5-2-6-11-16)23-20(25-21)18-13-7-12-17(14-18)15-8-3-1-4-9-15/h1-14,21H,(H,23,24,25). The lowest BCUT2D eigenvalue weighted by Gasteiger charge is -2.19. The molecule has 0 fully saturated rings. The molecule has 25 heavy (non-hydrogen) atoms. The lowest BCUT2D eigenvalue weighted by molar-refractivity contribution is 0.831. The van der Waals surface area contributed by atoms with Crippen molar-refractivity contribution in [3.63, 3.8) is 0 Å². The van der Waals surface area contributed by atoms with E-state index in [2.05, 4.69) is 39.6 Å². The molecule has 1 aliphatic heterocycles. The van der Waals surface area contributed by atoms with Gasteiger partial charge in [-0.15, -0.1) is 0 Å². The van der Waals surface area contributed by atoms with Crippen LogP contribution >= 0.6 is 11.6 Å². The van der Waals surface area contributed by atoms with Crippen molar-refractivity contribution in [1.82, 2.24) is 5.32 Å². The van der Waals surface area contributed by atoms with E-state index in [9.17, 15) is 0 Å². The van der Waals surface area contributed by atoms with Gasteiger partial charge in [-0.1, -0.05) is 90.5 Å². The van der Waals surface area contributed by atoms with E-state index in [0.29, 0.717) is 5.84 Å². The lowest BCUT2D eigenvalue weighted by atomic mass is 10.0. The number of alkyl halides is 1. The Kier molecular flexibility index (Phi) is 4.32. The molecule has 0 radical (unpaired) electrons. The highest BCUT2D eigenvalue weighted by Gasteiger charge is 2.17. The quantitative estimate of drug-likeness (QED) is 0.543. The second-order valence-corrected chi connectivity index (χ2v) is 6.12. The molecule has 122 valence electrons. The molecule has 1 aliphatic rings. The molecule has 1 atom stereocenters. The zero-order valence-corrected chi connectivity index (χ0v) is 14.2. The van der Waals surface area contributed by atoms with Gasteiger partial charge in [-0.3, -0.25) is 0 Å². The minimum atomic E-state index is -0.539. The normalized spacial score (nSPS) is 16.6. The Morgan fingerprint density at radius 1 is 0.680 bits per heavy atom. The summed E-state index contributed by atoms with van der Waals surface area (Å²) in [6.45, 7) is 0. The average Bonchev–Trinajstić information content (AvgIpc) is 2.69. The zero-order chi connectivity index (χ0) is 17.1. The Hall–Kier alpha value is -2.91. The largest absolute Gasteiger partial charge is 0.335 e. The molecule has 0 saturated carbocycles. The number of hydrogen-bond donors (Lipinski definition) is 1. The number of benzene rings is 3. The molecule has 3 nitrogen and oxygen atoms in total. The molecule has 1 heterocycles. The third kappa shape index (κ3) is 3.47. The van der Waals surface area contributed by atoms with Crippen LogP contribution < -0.4 is 5.32 Å². The summed E-state index contributed by atoms with van der Waals surface area (Å²) >= 11 is 6.28. The summed E-state index contributed by atoms with van der Waals surface area (Å²) in [4.78, 5) is 9.13. The Morgan fingerprint density at radius 2 is 1.28 bits per heavy atom. The molecule has 1 unspecified atom stereocenters. The van der Waals surface area contributed by atoms with Crippen molar-refractivity contribution >= 4 is 23.3 Å². The summed E-state index contributed by atoms with van der Waals surface area (Å²) in [6, 6.07) is 28.4. The maximum Gasteiger partial charge on any atom is 0.198 e. The molecule has 3 aromatic carbocycles. The summed E-state index contributed by atoms with van der Waals surface area (Å²) in [5.74, 6) is 1.37. The summed E-state index contributed by atoms with van der Waals surface area (Å²) in [5.41, 5.74) is 3.68. The molecular weight excluding hydrogens is 330 g/mol. The van der Waals surface area contributed by atoms with Crippen molar-refractivity contribution < 1.29 is 0 Å². The van der Waals surface area contributed by atoms with Gasteiger partial charge in [-0.2, -0.15) is 0 Å². The van der Waals surface area contributed by atoms with Gasteiger partial charge in [0.05, 0.1) is 0 Å². The third-order valence-electron chi connectivity index (χ3n) is 3.98. The fraction of sp³-hybridized carbons (Fsp3) is 0.0476. The first-order chi connectivity index (χ1) is 12.3. The number of nitrogens with one attached hydrogen (secondary N) is 1. The molecule has 0 aromatic heterocycles. The van der Waals surface area contributed by atoms with Gasteiger partial charge >= 0.3 is 0 Å². The van der Waals surface area contributed by atoms with Crippen LogP contribution in [0.1, 0.15) is 11.1 Å². The van der Waals surface area contributed by atoms with Crippen LogP contribution in [0.2, 0.25) is 0 Å². The fourth-order valence-electron chi connectivity index (χ4n) is 2.77. The number of amidine groups is 2. The third-order valence-corrected chi connectivity index (χ3v) is 4.19. The SMILES string of the molecule is ClC1N=C(c2cccc(-c3ccccc3)c2)N=C(c2ccccc2)N1. The van der Waals surface area contributed by atoms with Crippen molar-refractivity contribution in [2.24, 2.45) is 9.98 Å². The maximum absolute atomic E-state index is 6.28. The van der Waals surface area contributed by atoms with Gasteiger partial charge in [0.25, 0.3) is 0 Å². The Balaban J connectivity index is 1.73. The fourth-order valence-corrected chi connectivity index (χ4v) is 2.97. The summed E-state index contributed by atoms with van der Waals surface area (Å²) in [7, 11) is 0. The van der Waals surface area contributed by atoms with Gasteiger partial charge in [-0.05, 0) is 17.2 Å². The van der Waals surface area contributed by atoms with Crippen molar-refractivity contribution in [1.29, 1.82) is 0 Å². The van der Waals surface area contributed by atoms with E-state index in [0.717, 1.165) is 28.1 Å². The average molecular weight is 346 g/mol. The minimum absolute atomic E-state index is 0.539. The Bertz CT molecular complexity index is 934. The van der Waals surface area contributed by atoms with Crippen LogP contribution in [0.15, 0.2) is 94.9 Å². The van der Waals surface area contributed by atoms with Crippen molar-refractivity contribution in [2.75, 3.05) is 0 Å². The zero-order valence-electron chi connectivity index (χ0n) is 13.4. The highest BCUT2D eigenvalue weighted by atomic mass is 35.5. The molecule has 3 aromatic rings. The van der Waals surface area contributed by atoms with E-state index < -0.39 is 5.62 Å². The van der Waals surface area contributed by atoms with E-state index in [1.807, 2.05) is 60.7 Å². The molecule has 4 rings (SSSR count). The van der Waals surface area contributed by atoms with Gasteiger partial charge in [0.15, 0.2) is 11.5 Å². The van der Waals surface area contributed by atoms with Gasteiger partial charge < -0.3 is 5.32 Å². The van der Waals surface area contributed by atoms with Crippen molar-refractivity contribution in [2.45, 2.75) is 5.62 Å². The molecule has 0 amide bonds. The molecular formula is C21H16ClN3. The van der Waals surface area contributed by atoms with Crippen LogP contribution in [0.4, 0.5) is 0 Å². The highest BCUT2D eigenvalue weighted by molar-refractivity contribution is 6.25. The first kappa shape index (κ1) is 15.6. The Labute approximate surface area is 151 Å². The maximum atomic E-state index is 6.28. The second-order valence-electron chi connectivity index (χ2n) is 5.71. The molecule has 0 spiro atoms. The lowest BCUT2D eigenvalue weighted by Crippen LogP contribution is -2.35.